The Kier molecular flexibility index (Phi) is 5.47. The third-order valence-electron chi connectivity index (χ3n) is 2.91. The van der Waals surface area contributed by atoms with Crippen molar-refractivity contribution in [3.63, 3.8) is 0 Å². The summed E-state index contributed by atoms with van der Waals surface area (Å²) in [5.74, 6) is -0.444. The van der Waals surface area contributed by atoms with Gasteiger partial charge in [-0.05, 0) is 42.8 Å². The molecule has 21 heavy (non-hydrogen) atoms. The minimum atomic E-state index is -0.287. The van der Waals surface area contributed by atoms with Gasteiger partial charge in [0.2, 0.25) is 5.91 Å². The van der Waals surface area contributed by atoms with Crippen LogP contribution in [0.1, 0.15) is 11.1 Å². The molecule has 0 aliphatic carbocycles. The molecule has 0 saturated heterocycles. The van der Waals surface area contributed by atoms with Crippen LogP contribution < -0.4 is 10.6 Å². The van der Waals surface area contributed by atoms with Crippen LogP contribution in [-0.2, 0) is 11.3 Å². The molecule has 2 rings (SSSR count). The molecule has 0 bridgehead atoms. The summed E-state index contributed by atoms with van der Waals surface area (Å²) in [5.41, 5.74) is 2.36. The van der Waals surface area contributed by atoms with Gasteiger partial charge in [0.25, 0.3) is 0 Å². The minimum absolute atomic E-state index is 0.125. The Labute approximate surface area is 131 Å². The zero-order valence-corrected chi connectivity index (χ0v) is 13.2. The second-order valence-electron chi connectivity index (χ2n) is 4.76. The number of anilines is 1. The maximum absolute atomic E-state index is 13.5. The number of benzene rings is 2. The van der Waals surface area contributed by atoms with Gasteiger partial charge in [-0.15, -0.1) is 0 Å². The highest BCUT2D eigenvalue weighted by atomic mass is 79.9. The lowest BCUT2D eigenvalue weighted by Crippen LogP contribution is -2.28. The number of aryl methyl sites for hydroxylation is 1. The molecule has 5 heteroatoms. The van der Waals surface area contributed by atoms with Crippen LogP contribution in [0.3, 0.4) is 0 Å². The smallest absolute Gasteiger partial charge is 0.238 e. The van der Waals surface area contributed by atoms with Gasteiger partial charge in [-0.3, -0.25) is 4.79 Å². The fourth-order valence-electron chi connectivity index (χ4n) is 1.92. The van der Waals surface area contributed by atoms with Gasteiger partial charge < -0.3 is 10.6 Å². The molecular weight excluding hydrogens is 335 g/mol. The van der Waals surface area contributed by atoms with E-state index in [4.69, 9.17) is 0 Å². The van der Waals surface area contributed by atoms with E-state index in [1.807, 2.05) is 31.2 Å². The van der Waals surface area contributed by atoms with Gasteiger partial charge in [-0.2, -0.15) is 0 Å². The largest absolute Gasteiger partial charge is 0.325 e. The van der Waals surface area contributed by atoms with Crippen molar-refractivity contribution in [2.45, 2.75) is 13.5 Å². The molecule has 110 valence electrons. The summed E-state index contributed by atoms with van der Waals surface area (Å²) in [6.07, 6.45) is 0. The Morgan fingerprint density at radius 1 is 1.24 bits per heavy atom. The first kappa shape index (κ1) is 15.7. The van der Waals surface area contributed by atoms with Crippen molar-refractivity contribution in [2.75, 3.05) is 11.9 Å². The van der Waals surface area contributed by atoms with Crippen molar-refractivity contribution in [1.29, 1.82) is 0 Å². The lowest BCUT2D eigenvalue weighted by atomic mass is 10.2. The zero-order chi connectivity index (χ0) is 15.2. The van der Waals surface area contributed by atoms with Gasteiger partial charge in [0.15, 0.2) is 0 Å². The predicted molar refractivity (Wildman–Crippen MR) is 85.6 cm³/mol. The highest BCUT2D eigenvalue weighted by molar-refractivity contribution is 9.10. The lowest BCUT2D eigenvalue weighted by Gasteiger charge is -2.08. The second-order valence-corrected chi connectivity index (χ2v) is 5.67. The molecule has 0 unspecified atom stereocenters. The van der Waals surface area contributed by atoms with Gasteiger partial charge in [-0.1, -0.05) is 28.1 Å². The first-order valence-electron chi connectivity index (χ1n) is 6.56. The van der Waals surface area contributed by atoms with E-state index in [0.717, 1.165) is 15.7 Å². The summed E-state index contributed by atoms with van der Waals surface area (Å²) in [6.45, 7) is 2.39. The number of amides is 1. The molecule has 0 fully saturated rings. The van der Waals surface area contributed by atoms with Crippen LogP contribution in [-0.4, -0.2) is 12.5 Å². The second kappa shape index (κ2) is 7.33. The van der Waals surface area contributed by atoms with E-state index in [1.165, 1.54) is 6.07 Å². The first-order valence-corrected chi connectivity index (χ1v) is 7.35. The average molecular weight is 351 g/mol. The monoisotopic (exact) mass is 350 g/mol. The predicted octanol–water partition coefficient (Wildman–Crippen LogP) is 3.62. The molecule has 0 aliphatic rings. The van der Waals surface area contributed by atoms with Crippen LogP contribution in [0.2, 0.25) is 0 Å². The molecule has 2 aromatic rings. The van der Waals surface area contributed by atoms with Crippen LogP contribution >= 0.6 is 15.9 Å². The van der Waals surface area contributed by atoms with E-state index in [1.54, 1.807) is 12.1 Å². The fraction of sp³-hybridized carbons (Fsp3) is 0.188. The summed E-state index contributed by atoms with van der Waals surface area (Å²) in [4.78, 5) is 11.8. The van der Waals surface area contributed by atoms with Crippen molar-refractivity contribution < 1.29 is 9.18 Å². The number of carbonyl (C=O) groups is 1. The molecule has 2 aromatic carbocycles. The highest BCUT2D eigenvalue weighted by Crippen LogP contribution is 2.15. The third kappa shape index (κ3) is 4.95. The standard InChI is InChI=1S/C16H16BrFN2O/c1-11-3-2-4-14(7-11)20-16(21)10-19-9-12-8-13(17)5-6-15(12)18/h2-8,19H,9-10H2,1H3,(H,20,21). The van der Waals surface area contributed by atoms with Crippen LogP contribution in [0.25, 0.3) is 0 Å². The maximum atomic E-state index is 13.5. The Bertz CT molecular complexity index is 646. The summed E-state index contributed by atoms with van der Waals surface area (Å²) in [5, 5.41) is 5.72. The fourth-order valence-corrected chi connectivity index (χ4v) is 2.33. The zero-order valence-electron chi connectivity index (χ0n) is 11.6. The molecule has 0 heterocycles. The molecule has 1 amide bonds. The summed E-state index contributed by atoms with van der Waals surface area (Å²) in [7, 11) is 0. The molecule has 3 nitrogen and oxygen atoms in total. The van der Waals surface area contributed by atoms with Crippen molar-refractivity contribution in [1.82, 2.24) is 5.32 Å². The van der Waals surface area contributed by atoms with Gasteiger partial charge in [-0.25, -0.2) is 4.39 Å². The van der Waals surface area contributed by atoms with E-state index in [9.17, 15) is 9.18 Å². The summed E-state index contributed by atoms with van der Waals surface area (Å²) >= 11 is 3.29. The molecule has 0 spiro atoms. The molecular formula is C16H16BrFN2O. The summed E-state index contributed by atoms with van der Waals surface area (Å²) < 4.78 is 14.3. The Morgan fingerprint density at radius 3 is 2.81 bits per heavy atom. The highest BCUT2D eigenvalue weighted by Gasteiger charge is 2.05. The van der Waals surface area contributed by atoms with Crippen molar-refractivity contribution in [3.8, 4) is 0 Å². The van der Waals surface area contributed by atoms with Crippen LogP contribution in [0.15, 0.2) is 46.9 Å². The molecule has 0 aromatic heterocycles. The van der Waals surface area contributed by atoms with Gasteiger partial charge in [0.1, 0.15) is 5.82 Å². The van der Waals surface area contributed by atoms with Gasteiger partial charge in [0, 0.05) is 22.3 Å². The van der Waals surface area contributed by atoms with Crippen molar-refractivity contribution in [2.24, 2.45) is 0 Å². The van der Waals surface area contributed by atoms with Gasteiger partial charge >= 0.3 is 0 Å². The average Bonchev–Trinajstić information content (AvgIpc) is 2.42. The SMILES string of the molecule is Cc1cccc(NC(=O)CNCc2cc(Br)ccc2F)c1. The number of hydrogen-bond donors (Lipinski definition) is 2. The van der Waals surface area contributed by atoms with E-state index in [0.29, 0.717) is 12.1 Å². The number of hydrogen-bond acceptors (Lipinski definition) is 2. The molecule has 0 atom stereocenters. The Balaban J connectivity index is 1.83. The maximum Gasteiger partial charge on any atom is 0.238 e. The van der Waals surface area contributed by atoms with E-state index in [2.05, 4.69) is 26.6 Å². The summed E-state index contributed by atoms with van der Waals surface area (Å²) in [6, 6.07) is 12.3. The topological polar surface area (TPSA) is 41.1 Å². The van der Waals surface area contributed by atoms with Crippen LogP contribution in [0, 0.1) is 12.7 Å². The molecule has 0 saturated carbocycles. The van der Waals surface area contributed by atoms with E-state index < -0.39 is 0 Å². The number of nitrogens with one attached hydrogen (secondary N) is 2. The molecule has 2 N–H and O–H groups in total. The quantitative estimate of drug-likeness (QED) is 0.864. The van der Waals surface area contributed by atoms with E-state index in [-0.39, 0.29) is 18.3 Å². The Morgan fingerprint density at radius 2 is 2.05 bits per heavy atom. The number of halogens is 2. The van der Waals surface area contributed by atoms with Crippen LogP contribution in [0.5, 0.6) is 0 Å². The van der Waals surface area contributed by atoms with Crippen LogP contribution in [0.4, 0.5) is 10.1 Å². The lowest BCUT2D eigenvalue weighted by molar-refractivity contribution is -0.115. The molecule has 0 radical (unpaired) electrons. The number of carbonyl (C=O) groups excluding carboxylic acids is 1. The van der Waals surface area contributed by atoms with Gasteiger partial charge in [0.05, 0.1) is 6.54 Å². The third-order valence-corrected chi connectivity index (χ3v) is 3.40. The Hall–Kier alpha value is -1.72. The van der Waals surface area contributed by atoms with Crippen molar-refractivity contribution in [3.05, 3.63) is 63.9 Å². The van der Waals surface area contributed by atoms with Crippen molar-refractivity contribution >= 4 is 27.5 Å². The first-order chi connectivity index (χ1) is 10.0. The normalized spacial score (nSPS) is 10.4. The molecule has 0 aliphatic heterocycles. The van der Waals surface area contributed by atoms with E-state index >= 15 is 0 Å². The minimum Gasteiger partial charge on any atom is -0.325 e. The number of rotatable bonds is 5.